The van der Waals surface area contributed by atoms with Crippen LogP contribution >= 0.6 is 0 Å². The second kappa shape index (κ2) is 9.88. The van der Waals surface area contributed by atoms with Crippen molar-refractivity contribution >= 4 is 33.9 Å². The van der Waals surface area contributed by atoms with Gasteiger partial charge in [-0.15, -0.1) is 0 Å². The van der Waals surface area contributed by atoms with E-state index in [1.54, 1.807) is 62.4 Å². The van der Waals surface area contributed by atoms with Crippen LogP contribution in [0, 0.1) is 5.92 Å². The highest BCUT2D eigenvalue weighted by Crippen LogP contribution is 2.22. The highest BCUT2D eigenvalue weighted by atomic mass is 32.2. The molecule has 1 heterocycles. The van der Waals surface area contributed by atoms with E-state index in [1.807, 2.05) is 6.07 Å². The standard InChI is InChI=1S/C23H24N2O6S/c1-16(2)20(24-32(29,30)15-12-17-8-4-3-5-9-17)23(28)31-14-13-25-21(26)18-10-6-7-11-19(18)22(25)27/h3-12,15-16,20,24H,13-14H2,1-2H3/b15-12+/t20-/m0/s1. The normalized spacial score (nSPS) is 14.8. The van der Waals surface area contributed by atoms with E-state index in [2.05, 4.69) is 4.72 Å². The topological polar surface area (TPSA) is 110 Å². The van der Waals surface area contributed by atoms with Crippen LogP contribution in [0.3, 0.4) is 0 Å². The van der Waals surface area contributed by atoms with Gasteiger partial charge in [0, 0.05) is 5.41 Å². The van der Waals surface area contributed by atoms with Gasteiger partial charge in [0.1, 0.15) is 12.6 Å². The number of imide groups is 1. The van der Waals surface area contributed by atoms with E-state index in [0.29, 0.717) is 16.7 Å². The van der Waals surface area contributed by atoms with E-state index in [-0.39, 0.29) is 19.1 Å². The summed E-state index contributed by atoms with van der Waals surface area (Å²) in [6, 6.07) is 14.2. The van der Waals surface area contributed by atoms with E-state index in [0.717, 1.165) is 10.3 Å². The Hall–Kier alpha value is -3.30. The average molecular weight is 457 g/mol. The molecule has 0 aliphatic carbocycles. The summed E-state index contributed by atoms with van der Waals surface area (Å²) < 4.78 is 32.4. The fourth-order valence-corrected chi connectivity index (χ4v) is 4.31. The number of amides is 2. The molecule has 8 nitrogen and oxygen atoms in total. The van der Waals surface area contributed by atoms with Crippen LogP contribution in [-0.2, 0) is 19.6 Å². The highest BCUT2D eigenvalue weighted by molar-refractivity contribution is 7.92. The van der Waals surface area contributed by atoms with E-state index in [9.17, 15) is 22.8 Å². The van der Waals surface area contributed by atoms with Gasteiger partial charge in [-0.2, -0.15) is 4.72 Å². The molecule has 2 aromatic rings. The van der Waals surface area contributed by atoms with Crippen molar-refractivity contribution in [3.63, 3.8) is 0 Å². The summed E-state index contributed by atoms with van der Waals surface area (Å²) in [7, 11) is -3.91. The monoisotopic (exact) mass is 456 g/mol. The summed E-state index contributed by atoms with van der Waals surface area (Å²) in [4.78, 5) is 38.3. The molecule has 0 saturated heterocycles. The molecule has 0 saturated carbocycles. The van der Waals surface area contributed by atoms with Crippen molar-refractivity contribution in [2.75, 3.05) is 13.2 Å². The number of fused-ring (bicyclic) bond motifs is 1. The predicted octanol–water partition coefficient (Wildman–Crippen LogP) is 2.44. The van der Waals surface area contributed by atoms with Crippen LogP contribution in [0.2, 0.25) is 0 Å². The fraction of sp³-hybridized carbons (Fsp3) is 0.261. The zero-order valence-corrected chi connectivity index (χ0v) is 18.5. The maximum atomic E-state index is 12.5. The Kier molecular flexibility index (Phi) is 7.22. The molecule has 3 rings (SSSR count). The number of sulfonamides is 1. The first-order chi connectivity index (χ1) is 15.2. The van der Waals surface area contributed by atoms with Crippen LogP contribution in [0.25, 0.3) is 6.08 Å². The van der Waals surface area contributed by atoms with Gasteiger partial charge < -0.3 is 4.74 Å². The minimum absolute atomic E-state index is 0.121. The molecule has 1 atom stereocenters. The molecule has 0 unspecified atom stereocenters. The van der Waals surface area contributed by atoms with E-state index >= 15 is 0 Å². The molecule has 32 heavy (non-hydrogen) atoms. The predicted molar refractivity (Wildman–Crippen MR) is 119 cm³/mol. The number of benzene rings is 2. The molecule has 0 aromatic heterocycles. The highest BCUT2D eigenvalue weighted by Gasteiger charge is 2.35. The molecular formula is C23H24N2O6S. The number of hydrogen-bond donors (Lipinski definition) is 1. The van der Waals surface area contributed by atoms with Gasteiger partial charge >= 0.3 is 5.97 Å². The summed E-state index contributed by atoms with van der Waals surface area (Å²) in [6.07, 6.45) is 1.42. The fourth-order valence-electron chi connectivity index (χ4n) is 3.17. The third-order valence-electron chi connectivity index (χ3n) is 4.89. The largest absolute Gasteiger partial charge is 0.463 e. The Balaban J connectivity index is 1.58. The van der Waals surface area contributed by atoms with Gasteiger partial charge in [-0.25, -0.2) is 8.42 Å². The minimum Gasteiger partial charge on any atom is -0.463 e. The first-order valence-electron chi connectivity index (χ1n) is 10.1. The van der Waals surface area contributed by atoms with Crippen molar-refractivity contribution in [3.8, 4) is 0 Å². The lowest BCUT2D eigenvalue weighted by molar-refractivity contribution is -0.147. The van der Waals surface area contributed by atoms with Gasteiger partial charge in [0.15, 0.2) is 0 Å². The molecule has 9 heteroatoms. The SMILES string of the molecule is CC(C)[C@H](NS(=O)(=O)/C=C/c1ccccc1)C(=O)OCCN1C(=O)c2ccccc2C1=O. The van der Waals surface area contributed by atoms with Crippen molar-refractivity contribution in [1.29, 1.82) is 0 Å². The third kappa shape index (κ3) is 5.49. The van der Waals surface area contributed by atoms with Gasteiger partial charge in [-0.05, 0) is 29.7 Å². The molecule has 168 valence electrons. The molecule has 0 radical (unpaired) electrons. The van der Waals surface area contributed by atoms with Crippen molar-refractivity contribution < 1.29 is 27.5 Å². The number of ether oxygens (including phenoxy) is 1. The van der Waals surface area contributed by atoms with Gasteiger partial charge in [0.2, 0.25) is 10.0 Å². The molecule has 1 N–H and O–H groups in total. The van der Waals surface area contributed by atoms with Crippen LogP contribution < -0.4 is 4.72 Å². The van der Waals surface area contributed by atoms with Crippen LogP contribution in [0.5, 0.6) is 0 Å². The van der Waals surface area contributed by atoms with Gasteiger partial charge in [-0.1, -0.05) is 56.3 Å². The summed E-state index contributed by atoms with van der Waals surface area (Å²) in [6.45, 7) is 3.00. The van der Waals surface area contributed by atoms with Crippen molar-refractivity contribution in [2.45, 2.75) is 19.9 Å². The summed E-state index contributed by atoms with van der Waals surface area (Å²) >= 11 is 0. The van der Waals surface area contributed by atoms with Crippen molar-refractivity contribution in [3.05, 3.63) is 76.7 Å². The van der Waals surface area contributed by atoms with Crippen molar-refractivity contribution in [2.24, 2.45) is 5.92 Å². The molecule has 1 aliphatic rings. The van der Waals surface area contributed by atoms with E-state index < -0.39 is 33.8 Å². The number of nitrogens with one attached hydrogen (secondary N) is 1. The second-order valence-electron chi connectivity index (χ2n) is 7.57. The number of carbonyl (C=O) groups is 3. The average Bonchev–Trinajstić information content (AvgIpc) is 3.02. The summed E-state index contributed by atoms with van der Waals surface area (Å²) in [5.74, 6) is -2.07. The Morgan fingerprint density at radius 3 is 2.12 bits per heavy atom. The van der Waals surface area contributed by atoms with Crippen LogP contribution in [-0.4, -0.2) is 50.3 Å². The Morgan fingerprint density at radius 1 is 1.00 bits per heavy atom. The number of rotatable bonds is 9. The number of esters is 1. The zero-order chi connectivity index (χ0) is 23.3. The van der Waals surface area contributed by atoms with Crippen LogP contribution in [0.15, 0.2) is 60.0 Å². The first kappa shape index (κ1) is 23.4. The molecule has 0 bridgehead atoms. The van der Waals surface area contributed by atoms with Gasteiger partial charge in [0.05, 0.1) is 17.7 Å². The molecule has 0 fully saturated rings. The maximum Gasteiger partial charge on any atom is 0.324 e. The van der Waals surface area contributed by atoms with E-state index in [4.69, 9.17) is 4.74 Å². The lowest BCUT2D eigenvalue weighted by Gasteiger charge is -2.21. The molecule has 0 spiro atoms. The summed E-state index contributed by atoms with van der Waals surface area (Å²) in [5, 5.41) is 0.990. The van der Waals surface area contributed by atoms with Crippen LogP contribution in [0.4, 0.5) is 0 Å². The zero-order valence-electron chi connectivity index (χ0n) is 17.7. The van der Waals surface area contributed by atoms with Crippen LogP contribution in [0.1, 0.15) is 40.1 Å². The van der Waals surface area contributed by atoms with Crippen molar-refractivity contribution in [1.82, 2.24) is 9.62 Å². The summed E-state index contributed by atoms with van der Waals surface area (Å²) in [5.41, 5.74) is 1.31. The Labute approximate surface area is 186 Å². The Morgan fingerprint density at radius 2 is 1.56 bits per heavy atom. The minimum atomic E-state index is -3.91. The third-order valence-corrected chi connectivity index (χ3v) is 5.97. The smallest absolute Gasteiger partial charge is 0.324 e. The molecular weight excluding hydrogens is 432 g/mol. The lowest BCUT2D eigenvalue weighted by Crippen LogP contribution is -2.45. The number of carbonyl (C=O) groups excluding carboxylic acids is 3. The maximum absolute atomic E-state index is 12.5. The van der Waals surface area contributed by atoms with E-state index in [1.165, 1.54) is 6.08 Å². The quantitative estimate of drug-likeness (QED) is 0.458. The Bertz CT molecular complexity index is 1110. The molecule has 2 aromatic carbocycles. The first-order valence-corrected chi connectivity index (χ1v) is 11.6. The lowest BCUT2D eigenvalue weighted by atomic mass is 10.1. The molecule has 1 aliphatic heterocycles. The van der Waals surface area contributed by atoms with Gasteiger partial charge in [-0.3, -0.25) is 19.3 Å². The molecule has 2 amide bonds. The number of hydrogen-bond acceptors (Lipinski definition) is 6. The second-order valence-corrected chi connectivity index (χ2v) is 9.17. The van der Waals surface area contributed by atoms with Gasteiger partial charge in [0.25, 0.3) is 11.8 Å². The number of nitrogens with zero attached hydrogens (tertiary/aromatic N) is 1.